The van der Waals surface area contributed by atoms with Gasteiger partial charge < -0.3 is 20.7 Å². The van der Waals surface area contributed by atoms with E-state index in [0.29, 0.717) is 19.0 Å². The van der Waals surface area contributed by atoms with E-state index in [2.05, 4.69) is 25.8 Å². The van der Waals surface area contributed by atoms with Crippen LogP contribution in [0.15, 0.2) is 17.1 Å². The molecule has 1 aromatic carbocycles. The minimum absolute atomic E-state index is 0.300. The maximum absolute atomic E-state index is 13.6. The van der Waals surface area contributed by atoms with Gasteiger partial charge in [0, 0.05) is 32.7 Å². The average molecular weight is 387 g/mol. The monoisotopic (exact) mass is 387 g/mol. The molecule has 0 spiro atoms. The number of morpholine rings is 1. The number of rotatable bonds is 7. The maximum Gasteiger partial charge on any atom is 0.246 e. The van der Waals surface area contributed by atoms with Gasteiger partial charge in [0.15, 0.2) is 23.4 Å². The zero-order valence-electron chi connectivity index (χ0n) is 15.2. The summed E-state index contributed by atoms with van der Waals surface area (Å²) in [6, 6.07) is 1.70. The number of nitrogens with zero attached hydrogens (tertiary/aromatic N) is 2. The normalized spacial score (nSPS) is 15.5. The van der Waals surface area contributed by atoms with E-state index in [1.807, 2.05) is 6.92 Å². The number of nitrogens with one attached hydrogen (secondary N) is 3. The maximum atomic E-state index is 13.6. The lowest BCUT2D eigenvalue weighted by Crippen LogP contribution is -2.44. The highest BCUT2D eigenvalue weighted by Gasteiger charge is 2.15. The summed E-state index contributed by atoms with van der Waals surface area (Å²) in [4.78, 5) is 18.3. The zero-order valence-corrected chi connectivity index (χ0v) is 15.2. The van der Waals surface area contributed by atoms with E-state index in [1.165, 1.54) is 0 Å². The van der Waals surface area contributed by atoms with E-state index in [-0.39, 0.29) is 6.54 Å². The van der Waals surface area contributed by atoms with Gasteiger partial charge in [-0.1, -0.05) is 0 Å². The molecular formula is C17H24F3N5O2. The summed E-state index contributed by atoms with van der Waals surface area (Å²) in [7, 11) is 0. The van der Waals surface area contributed by atoms with Gasteiger partial charge in [0.25, 0.3) is 0 Å². The topological polar surface area (TPSA) is 78.0 Å². The van der Waals surface area contributed by atoms with Crippen molar-refractivity contribution >= 4 is 17.6 Å². The molecule has 7 nitrogen and oxygen atoms in total. The smallest absolute Gasteiger partial charge is 0.246 e. The number of amides is 1. The van der Waals surface area contributed by atoms with Crippen LogP contribution in [-0.2, 0) is 9.53 Å². The SMILES string of the molecule is CCNC(=NCC(=O)Nc1ccc(F)c(F)c1F)NCCN1CCOCC1. The van der Waals surface area contributed by atoms with Crippen LogP contribution in [0.2, 0.25) is 0 Å². The van der Waals surface area contributed by atoms with Crippen LogP contribution < -0.4 is 16.0 Å². The fraction of sp³-hybridized carbons (Fsp3) is 0.529. The number of hydrogen-bond donors (Lipinski definition) is 3. The predicted octanol–water partition coefficient (Wildman–Crippen LogP) is 0.930. The molecule has 1 heterocycles. The molecule has 1 aromatic rings. The molecule has 10 heteroatoms. The van der Waals surface area contributed by atoms with Gasteiger partial charge in [-0.2, -0.15) is 0 Å². The molecule has 1 amide bonds. The van der Waals surface area contributed by atoms with Crippen LogP contribution in [0.25, 0.3) is 0 Å². The average Bonchev–Trinajstić information content (AvgIpc) is 2.67. The van der Waals surface area contributed by atoms with Crippen molar-refractivity contribution in [1.29, 1.82) is 0 Å². The second-order valence-corrected chi connectivity index (χ2v) is 5.85. The van der Waals surface area contributed by atoms with E-state index in [1.54, 1.807) is 0 Å². The van der Waals surface area contributed by atoms with Gasteiger partial charge in [-0.3, -0.25) is 9.69 Å². The Hall–Kier alpha value is -2.33. The Kier molecular flexibility index (Phi) is 8.34. The fourth-order valence-electron chi connectivity index (χ4n) is 2.46. The molecule has 1 aliphatic heterocycles. The number of carbonyl (C=O) groups is 1. The summed E-state index contributed by atoms with van der Waals surface area (Å²) in [5.41, 5.74) is -0.431. The van der Waals surface area contributed by atoms with E-state index < -0.39 is 29.0 Å². The van der Waals surface area contributed by atoms with Crippen molar-refractivity contribution in [1.82, 2.24) is 15.5 Å². The third kappa shape index (κ3) is 6.72. The van der Waals surface area contributed by atoms with Gasteiger partial charge in [0.05, 0.1) is 18.9 Å². The second-order valence-electron chi connectivity index (χ2n) is 5.85. The van der Waals surface area contributed by atoms with Gasteiger partial charge >= 0.3 is 0 Å². The van der Waals surface area contributed by atoms with E-state index in [9.17, 15) is 18.0 Å². The van der Waals surface area contributed by atoms with Crippen LogP contribution in [0, 0.1) is 17.5 Å². The summed E-state index contributed by atoms with van der Waals surface area (Å²) < 4.78 is 45.0. The Bertz CT molecular complexity index is 666. The Morgan fingerprint density at radius 1 is 1.19 bits per heavy atom. The number of ether oxygens (including phenoxy) is 1. The van der Waals surface area contributed by atoms with E-state index in [0.717, 1.165) is 45.0 Å². The molecule has 1 fully saturated rings. The predicted molar refractivity (Wildman–Crippen MR) is 96.2 cm³/mol. The van der Waals surface area contributed by atoms with Crippen molar-refractivity contribution in [2.75, 3.05) is 57.8 Å². The summed E-state index contributed by atoms with van der Waals surface area (Å²) >= 11 is 0. The number of anilines is 1. The number of hydrogen-bond acceptors (Lipinski definition) is 4. The second kappa shape index (κ2) is 10.7. The molecule has 27 heavy (non-hydrogen) atoms. The van der Waals surface area contributed by atoms with Crippen LogP contribution in [0.4, 0.5) is 18.9 Å². The van der Waals surface area contributed by atoms with Crippen molar-refractivity contribution in [2.45, 2.75) is 6.92 Å². The van der Waals surface area contributed by atoms with Crippen molar-refractivity contribution in [2.24, 2.45) is 4.99 Å². The minimum Gasteiger partial charge on any atom is -0.379 e. The molecule has 0 aromatic heterocycles. The van der Waals surface area contributed by atoms with Gasteiger partial charge in [0.2, 0.25) is 5.91 Å². The Balaban J connectivity index is 1.83. The van der Waals surface area contributed by atoms with Crippen molar-refractivity contribution in [3.63, 3.8) is 0 Å². The Labute approximate surface area is 156 Å². The van der Waals surface area contributed by atoms with Gasteiger partial charge in [-0.05, 0) is 19.1 Å². The summed E-state index contributed by atoms with van der Waals surface area (Å²) in [5.74, 6) is -4.60. The molecular weight excluding hydrogens is 363 g/mol. The standard InChI is InChI=1S/C17H24F3N5O2/c1-2-21-17(22-5-6-25-7-9-27-10-8-25)23-11-14(26)24-13-4-3-12(18)15(19)16(13)20/h3-4H,2,5-11H2,1H3,(H,24,26)(H2,21,22,23). The molecule has 0 aliphatic carbocycles. The molecule has 150 valence electrons. The van der Waals surface area contributed by atoms with Gasteiger partial charge in [-0.25, -0.2) is 18.2 Å². The third-order valence-electron chi connectivity index (χ3n) is 3.86. The van der Waals surface area contributed by atoms with Crippen LogP contribution in [-0.4, -0.2) is 69.2 Å². The number of halogens is 3. The molecule has 1 saturated heterocycles. The molecule has 0 unspecified atom stereocenters. The van der Waals surface area contributed by atoms with Crippen LogP contribution >= 0.6 is 0 Å². The Morgan fingerprint density at radius 2 is 1.93 bits per heavy atom. The number of carbonyl (C=O) groups excluding carboxylic acids is 1. The first-order valence-corrected chi connectivity index (χ1v) is 8.77. The number of aliphatic imine (C=N–C) groups is 1. The molecule has 0 atom stereocenters. The zero-order chi connectivity index (χ0) is 19.6. The van der Waals surface area contributed by atoms with Crippen molar-refractivity contribution < 1.29 is 22.7 Å². The van der Waals surface area contributed by atoms with Gasteiger partial charge in [-0.15, -0.1) is 0 Å². The molecule has 0 bridgehead atoms. The van der Waals surface area contributed by atoms with Crippen LogP contribution in [0.5, 0.6) is 0 Å². The van der Waals surface area contributed by atoms with E-state index in [4.69, 9.17) is 4.74 Å². The summed E-state index contributed by atoms with van der Waals surface area (Å²) in [5, 5.41) is 8.29. The molecule has 3 N–H and O–H groups in total. The van der Waals surface area contributed by atoms with Gasteiger partial charge in [0.1, 0.15) is 6.54 Å². The highest BCUT2D eigenvalue weighted by Crippen LogP contribution is 2.19. The highest BCUT2D eigenvalue weighted by atomic mass is 19.2. The Morgan fingerprint density at radius 3 is 2.63 bits per heavy atom. The largest absolute Gasteiger partial charge is 0.379 e. The molecule has 0 radical (unpaired) electrons. The first-order valence-electron chi connectivity index (χ1n) is 8.77. The lowest BCUT2D eigenvalue weighted by atomic mass is 10.3. The molecule has 0 saturated carbocycles. The first-order chi connectivity index (χ1) is 13.0. The summed E-state index contributed by atoms with van der Waals surface area (Å²) in [6.07, 6.45) is 0. The van der Waals surface area contributed by atoms with E-state index >= 15 is 0 Å². The molecule has 1 aliphatic rings. The lowest BCUT2D eigenvalue weighted by molar-refractivity contribution is -0.114. The molecule has 2 rings (SSSR count). The number of benzene rings is 1. The van der Waals surface area contributed by atoms with Crippen LogP contribution in [0.1, 0.15) is 6.92 Å². The third-order valence-corrected chi connectivity index (χ3v) is 3.86. The van der Waals surface area contributed by atoms with Crippen molar-refractivity contribution in [3.8, 4) is 0 Å². The summed E-state index contributed by atoms with van der Waals surface area (Å²) in [6.45, 7) is 6.80. The lowest BCUT2D eigenvalue weighted by Gasteiger charge is -2.26. The first kappa shape index (κ1) is 21.0. The minimum atomic E-state index is -1.63. The highest BCUT2D eigenvalue weighted by molar-refractivity contribution is 5.94. The fourth-order valence-corrected chi connectivity index (χ4v) is 2.46. The van der Waals surface area contributed by atoms with Crippen LogP contribution in [0.3, 0.4) is 0 Å². The quantitative estimate of drug-likeness (QED) is 0.369. The van der Waals surface area contributed by atoms with Crippen molar-refractivity contribution in [3.05, 3.63) is 29.6 Å². The number of guanidine groups is 1.